The molecule has 154 valence electrons. The van der Waals surface area contributed by atoms with E-state index in [0.29, 0.717) is 37.7 Å². The summed E-state index contributed by atoms with van der Waals surface area (Å²) < 4.78 is 19.9. The van der Waals surface area contributed by atoms with Crippen molar-refractivity contribution in [3.8, 4) is 0 Å². The van der Waals surface area contributed by atoms with E-state index in [4.69, 9.17) is 4.74 Å². The molecule has 1 aromatic carbocycles. The first kappa shape index (κ1) is 19.8. The van der Waals surface area contributed by atoms with Gasteiger partial charge in [-0.2, -0.15) is 0 Å². The summed E-state index contributed by atoms with van der Waals surface area (Å²) in [6.07, 6.45) is 5.47. The van der Waals surface area contributed by atoms with Gasteiger partial charge in [0.15, 0.2) is 0 Å². The van der Waals surface area contributed by atoms with E-state index in [9.17, 15) is 9.18 Å². The van der Waals surface area contributed by atoms with Crippen LogP contribution in [0.15, 0.2) is 42.6 Å². The third kappa shape index (κ3) is 4.74. The second-order valence-corrected chi connectivity index (χ2v) is 7.51. The number of nitrogens with one attached hydrogen (secondary N) is 1. The number of pyridine rings is 1. The highest BCUT2D eigenvalue weighted by molar-refractivity contribution is 5.95. The van der Waals surface area contributed by atoms with Gasteiger partial charge in [0.2, 0.25) is 5.91 Å². The number of aromatic nitrogens is 1. The predicted molar refractivity (Wildman–Crippen MR) is 110 cm³/mol. The molecular formula is C22H27FN4O2. The number of morpholine rings is 1. The molecule has 7 heteroatoms. The van der Waals surface area contributed by atoms with Crippen molar-refractivity contribution in [1.82, 2.24) is 9.88 Å². The monoisotopic (exact) mass is 398 g/mol. The number of hydrogen-bond acceptors (Lipinski definition) is 5. The molecule has 2 saturated heterocycles. The quantitative estimate of drug-likeness (QED) is 0.838. The minimum Gasteiger partial charge on any atom is -0.379 e. The summed E-state index contributed by atoms with van der Waals surface area (Å²) in [6, 6.07) is 9.53. The lowest BCUT2D eigenvalue weighted by atomic mass is 10.0. The van der Waals surface area contributed by atoms with Crippen LogP contribution < -0.4 is 10.2 Å². The molecule has 1 amide bonds. The fourth-order valence-electron chi connectivity index (χ4n) is 4.03. The zero-order valence-corrected chi connectivity index (χ0v) is 16.5. The highest BCUT2D eigenvalue weighted by atomic mass is 19.1. The number of nitrogens with zero attached hydrogens (tertiary/aromatic N) is 3. The third-order valence-corrected chi connectivity index (χ3v) is 5.58. The van der Waals surface area contributed by atoms with Crippen LogP contribution in [0.1, 0.15) is 30.9 Å². The summed E-state index contributed by atoms with van der Waals surface area (Å²) in [5.74, 6) is -0.187. The van der Waals surface area contributed by atoms with Gasteiger partial charge >= 0.3 is 0 Å². The maximum absolute atomic E-state index is 14.5. The Morgan fingerprint density at radius 2 is 1.79 bits per heavy atom. The highest BCUT2D eigenvalue weighted by Crippen LogP contribution is 2.26. The molecule has 2 aliphatic heterocycles. The molecule has 0 saturated carbocycles. The predicted octanol–water partition coefficient (Wildman–Crippen LogP) is 3.22. The van der Waals surface area contributed by atoms with E-state index < -0.39 is 6.04 Å². The number of hydrogen-bond donors (Lipinski definition) is 1. The smallest absolute Gasteiger partial charge is 0.247 e. The molecule has 4 rings (SSSR count). The highest BCUT2D eigenvalue weighted by Gasteiger charge is 2.31. The number of piperidine rings is 1. The molecular weight excluding hydrogens is 371 g/mol. The molecule has 2 fully saturated rings. The van der Waals surface area contributed by atoms with Gasteiger partial charge in [-0.1, -0.05) is 18.2 Å². The molecule has 2 aliphatic rings. The van der Waals surface area contributed by atoms with Crippen LogP contribution in [0.25, 0.3) is 0 Å². The Morgan fingerprint density at radius 1 is 1.03 bits per heavy atom. The Labute approximate surface area is 170 Å². The Kier molecular flexibility index (Phi) is 6.36. The van der Waals surface area contributed by atoms with E-state index in [1.54, 1.807) is 24.4 Å². The minimum absolute atomic E-state index is 0.282. The standard InChI is InChI=1S/C22H27FN4O2/c23-19-7-3-2-6-18(19)21(27-12-14-29-15-13-27)22(28)25-20-9-8-17(16-24-20)26-10-4-1-5-11-26/h2-3,6-9,16,21H,1,4-5,10-15H2,(H,24,25,28). The molecule has 1 aromatic heterocycles. The van der Waals surface area contributed by atoms with E-state index in [0.717, 1.165) is 18.8 Å². The first-order chi connectivity index (χ1) is 14.2. The normalized spacial score (nSPS) is 19.0. The molecule has 1 unspecified atom stereocenters. The lowest BCUT2D eigenvalue weighted by Gasteiger charge is -2.33. The molecule has 0 bridgehead atoms. The van der Waals surface area contributed by atoms with E-state index in [1.807, 2.05) is 17.0 Å². The van der Waals surface area contributed by atoms with Crippen LogP contribution >= 0.6 is 0 Å². The van der Waals surface area contributed by atoms with Crippen molar-refractivity contribution in [3.05, 3.63) is 54.0 Å². The first-order valence-corrected chi connectivity index (χ1v) is 10.3. The van der Waals surface area contributed by atoms with Crippen LogP contribution in [0.4, 0.5) is 15.9 Å². The SMILES string of the molecule is O=C(Nc1ccc(N2CCCCC2)cn1)C(c1ccccc1F)N1CCOCC1. The molecule has 6 nitrogen and oxygen atoms in total. The zero-order chi connectivity index (χ0) is 20.1. The fourth-order valence-corrected chi connectivity index (χ4v) is 4.03. The Hall–Kier alpha value is -2.51. The van der Waals surface area contributed by atoms with Gasteiger partial charge in [-0.15, -0.1) is 0 Å². The van der Waals surface area contributed by atoms with E-state index in [-0.39, 0.29) is 11.7 Å². The number of rotatable bonds is 5. The average Bonchev–Trinajstić information content (AvgIpc) is 2.77. The van der Waals surface area contributed by atoms with Gasteiger partial charge < -0.3 is 15.0 Å². The maximum atomic E-state index is 14.5. The number of ether oxygens (including phenoxy) is 1. The number of carbonyl (C=O) groups is 1. The van der Waals surface area contributed by atoms with Crippen molar-refractivity contribution in [2.75, 3.05) is 49.6 Å². The summed E-state index contributed by atoms with van der Waals surface area (Å²) in [4.78, 5) is 21.8. The summed E-state index contributed by atoms with van der Waals surface area (Å²) in [6.45, 7) is 4.29. The molecule has 1 atom stereocenters. The molecule has 1 N–H and O–H groups in total. The van der Waals surface area contributed by atoms with E-state index in [2.05, 4.69) is 15.2 Å². The van der Waals surface area contributed by atoms with Crippen molar-refractivity contribution in [2.45, 2.75) is 25.3 Å². The largest absolute Gasteiger partial charge is 0.379 e. The fraction of sp³-hybridized carbons (Fsp3) is 0.455. The van der Waals surface area contributed by atoms with Crippen LogP contribution in [0.2, 0.25) is 0 Å². The van der Waals surface area contributed by atoms with Crippen LogP contribution in [-0.2, 0) is 9.53 Å². The molecule has 2 aromatic rings. The molecule has 0 radical (unpaired) electrons. The summed E-state index contributed by atoms with van der Waals surface area (Å²) in [7, 11) is 0. The minimum atomic E-state index is -0.719. The van der Waals surface area contributed by atoms with Crippen molar-refractivity contribution in [1.29, 1.82) is 0 Å². The Balaban J connectivity index is 1.51. The van der Waals surface area contributed by atoms with Gasteiger partial charge in [-0.25, -0.2) is 9.37 Å². The Morgan fingerprint density at radius 3 is 2.48 bits per heavy atom. The molecule has 0 aliphatic carbocycles. The maximum Gasteiger partial charge on any atom is 0.247 e. The Bertz CT molecular complexity index is 818. The number of halogens is 1. The van der Waals surface area contributed by atoms with Crippen LogP contribution in [0, 0.1) is 5.82 Å². The lowest BCUT2D eigenvalue weighted by molar-refractivity contribution is -0.123. The molecule has 0 spiro atoms. The number of carbonyl (C=O) groups excluding carboxylic acids is 1. The second kappa shape index (κ2) is 9.33. The molecule has 3 heterocycles. The van der Waals surface area contributed by atoms with Crippen LogP contribution in [-0.4, -0.2) is 55.2 Å². The van der Waals surface area contributed by atoms with Crippen molar-refractivity contribution >= 4 is 17.4 Å². The summed E-state index contributed by atoms with van der Waals surface area (Å²) in [5, 5.41) is 2.88. The first-order valence-electron chi connectivity index (χ1n) is 10.3. The topological polar surface area (TPSA) is 57.7 Å². The summed E-state index contributed by atoms with van der Waals surface area (Å²) in [5.41, 5.74) is 1.44. The number of benzene rings is 1. The van der Waals surface area contributed by atoms with Gasteiger partial charge in [0, 0.05) is 31.7 Å². The summed E-state index contributed by atoms with van der Waals surface area (Å²) >= 11 is 0. The average molecular weight is 398 g/mol. The number of amides is 1. The zero-order valence-electron chi connectivity index (χ0n) is 16.5. The van der Waals surface area contributed by atoms with E-state index >= 15 is 0 Å². The van der Waals surface area contributed by atoms with Crippen molar-refractivity contribution in [3.63, 3.8) is 0 Å². The number of anilines is 2. The van der Waals surface area contributed by atoms with Gasteiger partial charge in [0.1, 0.15) is 17.7 Å². The van der Waals surface area contributed by atoms with Gasteiger partial charge in [0.25, 0.3) is 0 Å². The van der Waals surface area contributed by atoms with Crippen molar-refractivity contribution < 1.29 is 13.9 Å². The lowest BCUT2D eigenvalue weighted by Crippen LogP contribution is -2.44. The van der Waals surface area contributed by atoms with Crippen LogP contribution in [0.3, 0.4) is 0 Å². The van der Waals surface area contributed by atoms with E-state index in [1.165, 1.54) is 25.3 Å². The van der Waals surface area contributed by atoms with Crippen LogP contribution in [0.5, 0.6) is 0 Å². The van der Waals surface area contributed by atoms with Crippen molar-refractivity contribution in [2.24, 2.45) is 0 Å². The van der Waals surface area contributed by atoms with Gasteiger partial charge in [0.05, 0.1) is 25.1 Å². The molecule has 29 heavy (non-hydrogen) atoms. The van der Waals surface area contributed by atoms with Gasteiger partial charge in [-0.3, -0.25) is 9.69 Å². The second-order valence-electron chi connectivity index (χ2n) is 7.51. The third-order valence-electron chi connectivity index (χ3n) is 5.58. The van der Waals surface area contributed by atoms with Gasteiger partial charge in [-0.05, 0) is 37.5 Å².